The molecular weight excluding hydrogens is 344 g/mol. The molecule has 2 N–H and O–H groups in total. The minimum atomic E-state index is 0.117. The van der Waals surface area contributed by atoms with E-state index in [2.05, 4.69) is 22.5 Å². The van der Waals surface area contributed by atoms with E-state index in [4.69, 9.17) is 12.2 Å². The van der Waals surface area contributed by atoms with Crippen molar-refractivity contribution < 1.29 is 5.11 Å². The highest BCUT2D eigenvalue weighted by Gasteiger charge is 2.15. The average Bonchev–Trinajstić information content (AvgIpc) is 2.89. The molecule has 2 aromatic carbocycles. The van der Waals surface area contributed by atoms with Gasteiger partial charge in [0.05, 0.1) is 5.52 Å². The summed E-state index contributed by atoms with van der Waals surface area (Å²) in [5.74, 6) is 0.117. The van der Waals surface area contributed by atoms with Gasteiger partial charge in [-0.2, -0.15) is 0 Å². The average molecular weight is 366 g/mol. The topological polar surface area (TPSA) is 61.9 Å². The van der Waals surface area contributed by atoms with Gasteiger partial charge in [0, 0.05) is 17.6 Å². The zero-order valence-electron chi connectivity index (χ0n) is 15.2. The third-order valence-electron chi connectivity index (χ3n) is 4.45. The molecule has 1 heterocycles. The number of thiocarbonyl (C=S) groups is 1. The van der Waals surface area contributed by atoms with Crippen LogP contribution < -0.4 is 5.32 Å². The van der Waals surface area contributed by atoms with E-state index in [0.29, 0.717) is 12.2 Å². The number of fused-ring (bicyclic) bond motifs is 1. The number of azo groups is 1. The van der Waals surface area contributed by atoms with Crippen LogP contribution in [0.1, 0.15) is 24.5 Å². The molecule has 6 heteroatoms. The molecule has 0 saturated heterocycles. The predicted octanol–water partition coefficient (Wildman–Crippen LogP) is 5.85. The molecule has 0 saturated carbocycles. The second kappa shape index (κ2) is 7.66. The molecular formula is C20H22N4OS. The van der Waals surface area contributed by atoms with Crippen molar-refractivity contribution in [2.75, 3.05) is 5.32 Å². The maximum atomic E-state index is 10.6. The van der Waals surface area contributed by atoms with Gasteiger partial charge in [-0.3, -0.25) is 0 Å². The van der Waals surface area contributed by atoms with Crippen molar-refractivity contribution in [1.82, 2.24) is 4.57 Å². The summed E-state index contributed by atoms with van der Waals surface area (Å²) in [6.45, 7) is 6.86. The van der Waals surface area contributed by atoms with Crippen LogP contribution >= 0.6 is 12.2 Å². The summed E-state index contributed by atoms with van der Waals surface area (Å²) in [7, 11) is 0. The number of aryl methyl sites for hydroxylation is 2. The Bertz CT molecular complexity index is 991. The van der Waals surface area contributed by atoms with Crippen LogP contribution in [0.4, 0.5) is 11.4 Å². The number of nitrogens with zero attached hydrogens (tertiary/aromatic N) is 3. The zero-order chi connectivity index (χ0) is 18.7. The van der Waals surface area contributed by atoms with Crippen LogP contribution in [0.25, 0.3) is 10.9 Å². The summed E-state index contributed by atoms with van der Waals surface area (Å²) in [5, 5.41) is 23.1. The Balaban J connectivity index is 1.90. The molecule has 0 aliphatic carbocycles. The van der Waals surface area contributed by atoms with Gasteiger partial charge >= 0.3 is 0 Å². The first-order chi connectivity index (χ1) is 12.5. The third kappa shape index (κ3) is 3.46. The maximum absolute atomic E-state index is 10.6. The normalized spacial score (nSPS) is 11.3. The summed E-state index contributed by atoms with van der Waals surface area (Å²) in [6, 6.07) is 13.7. The quantitative estimate of drug-likeness (QED) is 0.449. The number of nitrogens with one attached hydrogen (secondary N) is 1. The van der Waals surface area contributed by atoms with E-state index in [1.165, 1.54) is 5.56 Å². The highest BCUT2D eigenvalue weighted by atomic mass is 32.1. The van der Waals surface area contributed by atoms with Gasteiger partial charge in [-0.05, 0) is 55.7 Å². The first kappa shape index (κ1) is 18.1. The van der Waals surface area contributed by atoms with Gasteiger partial charge < -0.3 is 15.0 Å². The van der Waals surface area contributed by atoms with E-state index in [-0.39, 0.29) is 11.0 Å². The van der Waals surface area contributed by atoms with E-state index in [9.17, 15) is 5.11 Å². The van der Waals surface area contributed by atoms with Crippen LogP contribution in [0.15, 0.2) is 52.7 Å². The molecule has 0 spiro atoms. The monoisotopic (exact) mass is 366 g/mol. The van der Waals surface area contributed by atoms with E-state index >= 15 is 0 Å². The second-order valence-electron chi connectivity index (χ2n) is 6.22. The Morgan fingerprint density at radius 3 is 2.69 bits per heavy atom. The lowest BCUT2D eigenvalue weighted by Gasteiger charge is -2.09. The minimum Gasteiger partial charge on any atom is -0.493 e. The van der Waals surface area contributed by atoms with Crippen molar-refractivity contribution in [3.05, 3.63) is 53.6 Å². The highest BCUT2D eigenvalue weighted by molar-refractivity contribution is 7.80. The SMILES string of the molecule is CCCn1c(O)c(N=NC(=S)Nc2cccc(C)c2C)c2ccccc21. The molecule has 134 valence electrons. The standard InChI is InChI=1S/C20H22N4OS/c1-4-12-24-17-11-6-5-9-15(17)18(19(24)25)22-23-20(26)21-16-10-7-8-13(2)14(16)3/h5-11,25H,4,12H2,1-3H3,(H,21,26). The van der Waals surface area contributed by atoms with Crippen molar-refractivity contribution in [2.24, 2.45) is 10.2 Å². The molecule has 1 aromatic heterocycles. The van der Waals surface area contributed by atoms with E-state index in [1.54, 1.807) is 0 Å². The third-order valence-corrected chi connectivity index (χ3v) is 4.64. The van der Waals surface area contributed by atoms with Crippen molar-refractivity contribution in [1.29, 1.82) is 0 Å². The second-order valence-corrected chi connectivity index (χ2v) is 6.61. The highest BCUT2D eigenvalue weighted by Crippen LogP contribution is 2.38. The first-order valence-electron chi connectivity index (χ1n) is 8.62. The van der Waals surface area contributed by atoms with E-state index in [1.807, 2.05) is 60.9 Å². The molecule has 0 amide bonds. The zero-order valence-corrected chi connectivity index (χ0v) is 16.0. The Morgan fingerprint density at radius 2 is 1.92 bits per heavy atom. The van der Waals surface area contributed by atoms with Gasteiger partial charge in [-0.25, -0.2) is 0 Å². The molecule has 0 fully saturated rings. The summed E-state index contributed by atoms with van der Waals surface area (Å²) in [4.78, 5) is 0. The summed E-state index contributed by atoms with van der Waals surface area (Å²) in [6.07, 6.45) is 0.912. The van der Waals surface area contributed by atoms with E-state index in [0.717, 1.165) is 28.6 Å². The summed E-state index contributed by atoms with van der Waals surface area (Å²) >= 11 is 5.30. The van der Waals surface area contributed by atoms with Crippen LogP contribution in [0.5, 0.6) is 5.88 Å². The number of aromatic nitrogens is 1. The van der Waals surface area contributed by atoms with Gasteiger partial charge in [0.1, 0.15) is 0 Å². The lowest BCUT2D eigenvalue weighted by atomic mass is 10.1. The van der Waals surface area contributed by atoms with Gasteiger partial charge in [0.25, 0.3) is 0 Å². The fourth-order valence-electron chi connectivity index (χ4n) is 2.94. The molecule has 0 unspecified atom stereocenters. The van der Waals surface area contributed by atoms with Crippen molar-refractivity contribution >= 4 is 39.6 Å². The molecule has 0 radical (unpaired) electrons. The van der Waals surface area contributed by atoms with E-state index < -0.39 is 0 Å². The molecule has 0 atom stereocenters. The molecule has 26 heavy (non-hydrogen) atoms. The number of hydrogen-bond donors (Lipinski definition) is 2. The number of para-hydroxylation sites is 1. The number of anilines is 1. The fraction of sp³-hybridized carbons (Fsp3) is 0.250. The van der Waals surface area contributed by atoms with Gasteiger partial charge in [0.2, 0.25) is 11.0 Å². The van der Waals surface area contributed by atoms with Crippen LogP contribution in [-0.2, 0) is 6.54 Å². The van der Waals surface area contributed by atoms with Crippen LogP contribution in [-0.4, -0.2) is 14.8 Å². The smallest absolute Gasteiger partial charge is 0.220 e. The fourth-order valence-corrected chi connectivity index (χ4v) is 3.09. The number of hydrogen-bond acceptors (Lipinski definition) is 3. The maximum Gasteiger partial charge on any atom is 0.220 e. The lowest BCUT2D eigenvalue weighted by molar-refractivity contribution is 0.421. The van der Waals surface area contributed by atoms with Gasteiger partial charge in [-0.15, -0.1) is 10.2 Å². The molecule has 5 nitrogen and oxygen atoms in total. The largest absolute Gasteiger partial charge is 0.493 e. The molecule has 3 aromatic rings. The molecule has 3 rings (SSSR count). The molecule has 0 aliphatic rings. The molecule has 0 bridgehead atoms. The Morgan fingerprint density at radius 1 is 1.15 bits per heavy atom. The molecule has 0 aliphatic heterocycles. The summed E-state index contributed by atoms with van der Waals surface area (Å²) in [5.41, 5.74) is 4.59. The van der Waals surface area contributed by atoms with Crippen LogP contribution in [0, 0.1) is 13.8 Å². The van der Waals surface area contributed by atoms with Crippen molar-refractivity contribution in [2.45, 2.75) is 33.7 Å². The number of rotatable bonds is 4. The van der Waals surface area contributed by atoms with Crippen LogP contribution in [0.2, 0.25) is 0 Å². The lowest BCUT2D eigenvalue weighted by Crippen LogP contribution is -2.06. The van der Waals surface area contributed by atoms with Crippen LogP contribution in [0.3, 0.4) is 0 Å². The van der Waals surface area contributed by atoms with Gasteiger partial charge in [-0.1, -0.05) is 37.3 Å². The Hall–Kier alpha value is -2.73. The number of benzene rings is 2. The van der Waals surface area contributed by atoms with Crippen molar-refractivity contribution in [3.8, 4) is 5.88 Å². The first-order valence-corrected chi connectivity index (χ1v) is 9.03. The van der Waals surface area contributed by atoms with Gasteiger partial charge in [0.15, 0.2) is 5.69 Å². The Labute approximate surface area is 158 Å². The minimum absolute atomic E-state index is 0.117. The summed E-state index contributed by atoms with van der Waals surface area (Å²) < 4.78 is 1.85. The number of aromatic hydroxyl groups is 1. The predicted molar refractivity (Wildman–Crippen MR) is 111 cm³/mol. The van der Waals surface area contributed by atoms with Crippen molar-refractivity contribution in [3.63, 3.8) is 0 Å². The Kier molecular flexibility index (Phi) is 5.32.